The van der Waals surface area contributed by atoms with Crippen LogP contribution in [0.5, 0.6) is 0 Å². The van der Waals surface area contributed by atoms with Crippen LogP contribution in [0.4, 0.5) is 0 Å². The van der Waals surface area contributed by atoms with E-state index in [0.717, 1.165) is 0 Å². The Kier molecular flexibility index (Phi) is 4.25. The van der Waals surface area contributed by atoms with Crippen LogP contribution in [0.25, 0.3) is 0 Å². The molecule has 0 aliphatic carbocycles. The van der Waals surface area contributed by atoms with Gasteiger partial charge in [0.2, 0.25) is 0 Å². The molecular weight excluding hydrogens is 292 g/mol. The first-order valence-electron chi connectivity index (χ1n) is 7.69. The molecule has 0 bridgehead atoms. The molecule has 2 aromatic rings. The van der Waals surface area contributed by atoms with Gasteiger partial charge in [-0.05, 0) is 24.1 Å². The quantitative estimate of drug-likeness (QED) is 0.899. The number of aryl methyl sites for hydroxylation is 1. The van der Waals surface area contributed by atoms with Crippen LogP contribution in [-0.2, 0) is 7.05 Å². The van der Waals surface area contributed by atoms with E-state index >= 15 is 0 Å². The predicted octanol–water partition coefficient (Wildman–Crippen LogP) is 0.595. The van der Waals surface area contributed by atoms with Gasteiger partial charge in [0.1, 0.15) is 5.69 Å². The molecule has 120 valence electrons. The summed E-state index contributed by atoms with van der Waals surface area (Å²) in [5.74, 6) is 0.309. The van der Waals surface area contributed by atoms with Crippen molar-refractivity contribution in [2.75, 3.05) is 19.6 Å². The Balaban J connectivity index is 1.83. The number of carbonyl (C=O) groups is 1. The molecule has 2 N–H and O–H groups in total. The van der Waals surface area contributed by atoms with E-state index in [1.165, 1.54) is 22.4 Å². The fraction of sp³-hybridized carbons (Fsp3) is 0.353. The second-order valence-electron chi connectivity index (χ2n) is 5.90. The molecule has 0 spiro atoms. The van der Waals surface area contributed by atoms with Gasteiger partial charge in [0.05, 0.1) is 0 Å². The molecule has 6 heteroatoms. The van der Waals surface area contributed by atoms with Crippen molar-refractivity contribution < 1.29 is 4.79 Å². The SMILES string of the molecule is Cn1nc(C(=O)N2C[C@@H](CN)[C@H](c3ccccc3)C2)ccc1=O. The molecule has 1 saturated heterocycles. The molecule has 2 atom stereocenters. The number of aromatic nitrogens is 2. The van der Waals surface area contributed by atoms with Crippen molar-refractivity contribution in [3.05, 3.63) is 64.1 Å². The Hall–Kier alpha value is -2.47. The van der Waals surface area contributed by atoms with Crippen molar-refractivity contribution in [2.24, 2.45) is 18.7 Å². The fourth-order valence-electron chi connectivity index (χ4n) is 3.13. The van der Waals surface area contributed by atoms with Gasteiger partial charge in [-0.2, -0.15) is 5.10 Å². The smallest absolute Gasteiger partial charge is 0.274 e. The Labute approximate surface area is 134 Å². The maximum Gasteiger partial charge on any atom is 0.274 e. The molecular formula is C17H20N4O2. The molecule has 0 saturated carbocycles. The van der Waals surface area contributed by atoms with E-state index < -0.39 is 0 Å². The van der Waals surface area contributed by atoms with Crippen LogP contribution in [0.2, 0.25) is 0 Å². The average molecular weight is 312 g/mol. The van der Waals surface area contributed by atoms with Crippen LogP contribution in [0.1, 0.15) is 22.0 Å². The number of hydrogen-bond acceptors (Lipinski definition) is 4. The van der Waals surface area contributed by atoms with Crippen molar-refractivity contribution in [3.8, 4) is 0 Å². The van der Waals surface area contributed by atoms with Gasteiger partial charge in [0, 0.05) is 32.1 Å². The highest BCUT2D eigenvalue weighted by molar-refractivity contribution is 5.92. The lowest BCUT2D eigenvalue weighted by molar-refractivity contribution is 0.0778. The van der Waals surface area contributed by atoms with Gasteiger partial charge in [0.15, 0.2) is 0 Å². The highest BCUT2D eigenvalue weighted by atomic mass is 16.2. The summed E-state index contributed by atoms with van der Waals surface area (Å²) in [7, 11) is 1.54. The lowest BCUT2D eigenvalue weighted by Crippen LogP contribution is -2.32. The average Bonchev–Trinajstić information content (AvgIpc) is 3.02. The minimum atomic E-state index is -0.232. The second kappa shape index (κ2) is 6.34. The molecule has 0 unspecified atom stereocenters. The Morgan fingerprint density at radius 2 is 1.96 bits per heavy atom. The lowest BCUT2D eigenvalue weighted by atomic mass is 9.89. The largest absolute Gasteiger partial charge is 0.336 e. The number of benzene rings is 1. The number of amides is 1. The van der Waals surface area contributed by atoms with Crippen molar-refractivity contribution in [1.82, 2.24) is 14.7 Å². The summed E-state index contributed by atoms with van der Waals surface area (Å²) >= 11 is 0. The lowest BCUT2D eigenvalue weighted by Gasteiger charge is -2.16. The molecule has 1 amide bonds. The summed E-state index contributed by atoms with van der Waals surface area (Å²) in [6.45, 7) is 1.76. The summed E-state index contributed by atoms with van der Waals surface area (Å²) in [5.41, 5.74) is 7.17. The zero-order valence-electron chi connectivity index (χ0n) is 13.1. The van der Waals surface area contributed by atoms with Crippen molar-refractivity contribution in [1.29, 1.82) is 0 Å². The normalized spacial score (nSPS) is 20.7. The molecule has 6 nitrogen and oxygen atoms in total. The molecule has 1 fully saturated rings. The third-order valence-corrected chi connectivity index (χ3v) is 4.44. The van der Waals surface area contributed by atoms with Crippen LogP contribution >= 0.6 is 0 Å². The minimum absolute atomic E-state index is 0.155. The van der Waals surface area contributed by atoms with Gasteiger partial charge >= 0.3 is 0 Å². The van der Waals surface area contributed by atoms with Crippen LogP contribution in [0.15, 0.2) is 47.3 Å². The summed E-state index contributed by atoms with van der Waals surface area (Å²) in [6, 6.07) is 13.0. The molecule has 3 rings (SSSR count). The summed E-state index contributed by atoms with van der Waals surface area (Å²) in [5, 5.41) is 4.05. The van der Waals surface area contributed by atoms with Crippen molar-refractivity contribution in [3.63, 3.8) is 0 Å². The monoisotopic (exact) mass is 312 g/mol. The number of hydrogen-bond donors (Lipinski definition) is 1. The molecule has 1 aromatic heterocycles. The summed E-state index contributed by atoms with van der Waals surface area (Å²) < 4.78 is 1.18. The van der Waals surface area contributed by atoms with Gasteiger partial charge in [0.25, 0.3) is 11.5 Å². The van der Waals surface area contributed by atoms with Crippen LogP contribution < -0.4 is 11.3 Å². The zero-order valence-corrected chi connectivity index (χ0v) is 13.1. The topological polar surface area (TPSA) is 81.2 Å². The molecule has 23 heavy (non-hydrogen) atoms. The predicted molar refractivity (Wildman–Crippen MR) is 87.1 cm³/mol. The van der Waals surface area contributed by atoms with E-state index in [0.29, 0.717) is 19.6 Å². The number of rotatable bonds is 3. The van der Waals surface area contributed by atoms with Crippen LogP contribution in [0, 0.1) is 5.92 Å². The first kappa shape index (κ1) is 15.4. The first-order chi connectivity index (χ1) is 11.1. The van der Waals surface area contributed by atoms with Gasteiger partial charge in [-0.25, -0.2) is 4.68 Å². The molecule has 1 aliphatic rings. The molecule has 1 aliphatic heterocycles. The van der Waals surface area contributed by atoms with E-state index in [1.54, 1.807) is 11.9 Å². The molecule has 0 radical (unpaired) electrons. The Morgan fingerprint density at radius 1 is 1.22 bits per heavy atom. The zero-order chi connectivity index (χ0) is 16.4. The van der Waals surface area contributed by atoms with Crippen LogP contribution in [0.3, 0.4) is 0 Å². The third kappa shape index (κ3) is 3.03. The summed E-state index contributed by atoms with van der Waals surface area (Å²) in [6.07, 6.45) is 0. The number of nitrogens with zero attached hydrogens (tertiary/aromatic N) is 3. The van der Waals surface area contributed by atoms with E-state index in [4.69, 9.17) is 5.73 Å². The van der Waals surface area contributed by atoms with E-state index in [1.807, 2.05) is 18.2 Å². The molecule has 2 heterocycles. The van der Waals surface area contributed by atoms with E-state index in [2.05, 4.69) is 17.2 Å². The number of nitrogens with two attached hydrogens (primary N) is 1. The standard InChI is InChI=1S/C17H20N4O2/c1-20-16(22)8-7-15(19-20)17(23)21-10-13(9-18)14(11-21)12-5-3-2-4-6-12/h2-8,13-14H,9-11,18H2,1H3/t13-,14+/m1/s1. The van der Waals surface area contributed by atoms with E-state index in [9.17, 15) is 9.59 Å². The second-order valence-corrected chi connectivity index (χ2v) is 5.90. The van der Waals surface area contributed by atoms with Crippen molar-refractivity contribution >= 4 is 5.91 Å². The highest BCUT2D eigenvalue weighted by Crippen LogP contribution is 2.32. The van der Waals surface area contributed by atoms with E-state index in [-0.39, 0.29) is 29.0 Å². The molecule has 1 aromatic carbocycles. The van der Waals surface area contributed by atoms with Gasteiger partial charge in [-0.15, -0.1) is 0 Å². The maximum absolute atomic E-state index is 12.7. The van der Waals surface area contributed by atoms with Gasteiger partial charge in [-0.3, -0.25) is 9.59 Å². The fourth-order valence-corrected chi connectivity index (χ4v) is 3.13. The number of carbonyl (C=O) groups excluding carboxylic acids is 1. The highest BCUT2D eigenvalue weighted by Gasteiger charge is 2.36. The Morgan fingerprint density at radius 3 is 2.61 bits per heavy atom. The number of likely N-dealkylation sites (tertiary alicyclic amines) is 1. The van der Waals surface area contributed by atoms with Crippen LogP contribution in [-0.4, -0.2) is 40.2 Å². The van der Waals surface area contributed by atoms with Crippen molar-refractivity contribution in [2.45, 2.75) is 5.92 Å². The maximum atomic E-state index is 12.7. The van der Waals surface area contributed by atoms with Gasteiger partial charge < -0.3 is 10.6 Å². The third-order valence-electron chi connectivity index (χ3n) is 4.44. The Bertz CT molecular complexity index is 757. The summed E-state index contributed by atoms with van der Waals surface area (Å²) in [4.78, 5) is 25.8. The minimum Gasteiger partial charge on any atom is -0.336 e. The first-order valence-corrected chi connectivity index (χ1v) is 7.69. The van der Waals surface area contributed by atoms with Gasteiger partial charge in [-0.1, -0.05) is 30.3 Å².